The Morgan fingerprint density at radius 2 is 1.61 bits per heavy atom. The van der Waals surface area contributed by atoms with Crippen LogP contribution < -0.4 is 0 Å². The van der Waals surface area contributed by atoms with Gasteiger partial charge in [0.05, 0.1) is 0 Å². The van der Waals surface area contributed by atoms with Crippen molar-refractivity contribution in [3.8, 4) is 0 Å². The van der Waals surface area contributed by atoms with Crippen LogP contribution in [0.2, 0.25) is 0 Å². The molecular formula is C12H20O6. The molecule has 6 nitrogen and oxygen atoms in total. The predicted molar refractivity (Wildman–Crippen MR) is 61.9 cm³/mol. The molecule has 18 heavy (non-hydrogen) atoms. The zero-order valence-electron chi connectivity index (χ0n) is 11.0. The van der Waals surface area contributed by atoms with Crippen LogP contribution in [0.4, 0.5) is 9.59 Å². The quantitative estimate of drug-likeness (QED) is 0.441. The highest BCUT2D eigenvalue weighted by Crippen LogP contribution is 2.45. The maximum atomic E-state index is 11.4. The third-order valence-corrected chi connectivity index (χ3v) is 3.49. The topological polar surface area (TPSA) is 82.1 Å². The summed E-state index contributed by atoms with van der Waals surface area (Å²) >= 11 is 0. The summed E-state index contributed by atoms with van der Waals surface area (Å²) in [5, 5.41) is 8.24. The summed E-state index contributed by atoms with van der Waals surface area (Å²) in [7, 11) is 0. The van der Waals surface area contributed by atoms with Crippen LogP contribution in [0.25, 0.3) is 0 Å². The van der Waals surface area contributed by atoms with Crippen molar-refractivity contribution in [3.05, 3.63) is 0 Å². The summed E-state index contributed by atoms with van der Waals surface area (Å²) in [6.07, 6.45) is 1.78. The largest absolute Gasteiger partial charge is 0.550 e. The van der Waals surface area contributed by atoms with E-state index in [4.69, 9.17) is 9.84 Å². The number of carboxylic acid groups (broad SMARTS) is 1. The average Bonchev–Trinajstić information content (AvgIpc) is 2.26. The Bertz CT molecular complexity index is 311. The van der Waals surface area contributed by atoms with Crippen LogP contribution in [0.15, 0.2) is 0 Å². The van der Waals surface area contributed by atoms with E-state index in [-0.39, 0.29) is 5.41 Å². The van der Waals surface area contributed by atoms with Gasteiger partial charge in [0.15, 0.2) is 0 Å². The summed E-state index contributed by atoms with van der Waals surface area (Å²) in [5.74, 6) is 0. The maximum Gasteiger partial charge on any atom is 0.550 e. The minimum absolute atomic E-state index is 0.240. The fraction of sp³-hybridized carbons (Fsp3) is 0.833. The lowest BCUT2D eigenvalue weighted by atomic mass is 9.68. The van der Waals surface area contributed by atoms with E-state index in [2.05, 4.69) is 9.78 Å². The van der Waals surface area contributed by atoms with Crippen LogP contribution in [-0.2, 0) is 14.5 Å². The summed E-state index contributed by atoms with van der Waals surface area (Å²) in [5.41, 5.74) is -0.861. The molecule has 0 aromatic carbocycles. The average molecular weight is 260 g/mol. The predicted octanol–water partition coefficient (Wildman–Crippen LogP) is 3.50. The molecule has 1 N–H and O–H groups in total. The van der Waals surface area contributed by atoms with Gasteiger partial charge in [0.1, 0.15) is 5.60 Å². The number of hydrogen-bond acceptors (Lipinski definition) is 5. The molecule has 1 fully saturated rings. The number of carbonyl (C=O) groups excluding carboxylic acids is 1. The van der Waals surface area contributed by atoms with Crippen LogP contribution in [0.1, 0.15) is 52.9 Å². The highest BCUT2D eigenvalue weighted by molar-refractivity contribution is 5.62. The Kier molecular flexibility index (Phi) is 4.43. The first-order valence-corrected chi connectivity index (χ1v) is 6.07. The highest BCUT2D eigenvalue weighted by atomic mass is 17.3. The van der Waals surface area contributed by atoms with Crippen molar-refractivity contribution in [2.24, 2.45) is 5.41 Å². The normalized spacial score (nSPS) is 18.8. The smallest absolute Gasteiger partial charge is 0.447 e. The van der Waals surface area contributed by atoms with E-state index in [1.165, 1.54) is 0 Å². The van der Waals surface area contributed by atoms with Crippen molar-refractivity contribution in [2.75, 3.05) is 0 Å². The Morgan fingerprint density at radius 3 is 2.06 bits per heavy atom. The van der Waals surface area contributed by atoms with Gasteiger partial charge in [-0.15, -0.1) is 0 Å². The second kappa shape index (κ2) is 5.46. The maximum absolute atomic E-state index is 11.4. The summed E-state index contributed by atoms with van der Waals surface area (Å²) < 4.78 is 5.34. The minimum atomic E-state index is -1.68. The Balaban J connectivity index is 2.67. The van der Waals surface area contributed by atoms with Crippen molar-refractivity contribution in [1.82, 2.24) is 0 Å². The Labute approximate surface area is 106 Å². The van der Waals surface area contributed by atoms with Crippen molar-refractivity contribution >= 4 is 12.3 Å². The number of ether oxygens (including phenoxy) is 1. The lowest BCUT2D eigenvalue weighted by Gasteiger charge is -2.45. The van der Waals surface area contributed by atoms with Gasteiger partial charge in [-0.25, -0.2) is 9.68 Å². The zero-order valence-corrected chi connectivity index (χ0v) is 11.0. The second-order valence-corrected chi connectivity index (χ2v) is 5.59. The molecule has 1 saturated carbocycles. The number of rotatable bonds is 1. The van der Waals surface area contributed by atoms with E-state index >= 15 is 0 Å². The highest BCUT2D eigenvalue weighted by Gasteiger charge is 2.46. The lowest BCUT2D eigenvalue weighted by Crippen LogP contribution is -2.48. The molecule has 0 aromatic rings. The van der Waals surface area contributed by atoms with E-state index in [0.29, 0.717) is 0 Å². The molecule has 1 rings (SSSR count). The van der Waals surface area contributed by atoms with Crippen LogP contribution in [0.3, 0.4) is 0 Å². The molecule has 1 aliphatic rings. The number of carbonyl (C=O) groups is 2. The first kappa shape index (κ1) is 14.6. The second-order valence-electron chi connectivity index (χ2n) is 5.59. The van der Waals surface area contributed by atoms with E-state index < -0.39 is 17.9 Å². The van der Waals surface area contributed by atoms with Gasteiger partial charge in [-0.05, 0) is 25.7 Å². The summed E-state index contributed by atoms with van der Waals surface area (Å²) in [4.78, 5) is 29.4. The van der Waals surface area contributed by atoms with Gasteiger partial charge in [0.25, 0.3) is 0 Å². The van der Waals surface area contributed by atoms with E-state index in [1.54, 1.807) is 0 Å². The van der Waals surface area contributed by atoms with Gasteiger partial charge in [0.2, 0.25) is 0 Å². The SMILES string of the molecule is CC(C)(C)C1(OC(=O)OOC(=O)O)CCCCC1. The molecule has 0 radical (unpaired) electrons. The summed E-state index contributed by atoms with van der Waals surface area (Å²) in [6.45, 7) is 5.97. The van der Waals surface area contributed by atoms with Gasteiger partial charge in [0, 0.05) is 5.41 Å². The van der Waals surface area contributed by atoms with Gasteiger partial charge < -0.3 is 9.84 Å². The van der Waals surface area contributed by atoms with Crippen molar-refractivity contribution in [1.29, 1.82) is 0 Å². The van der Waals surface area contributed by atoms with Crippen molar-refractivity contribution in [3.63, 3.8) is 0 Å². The van der Waals surface area contributed by atoms with Gasteiger partial charge >= 0.3 is 12.3 Å². The summed E-state index contributed by atoms with van der Waals surface area (Å²) in [6, 6.07) is 0. The molecule has 0 amide bonds. The first-order valence-electron chi connectivity index (χ1n) is 6.07. The van der Waals surface area contributed by atoms with Crippen LogP contribution in [-0.4, -0.2) is 23.0 Å². The number of hydrogen-bond donors (Lipinski definition) is 1. The standard InChI is InChI=1S/C12H20O6/c1-11(2,3)12(7-5-4-6-8-12)16-10(15)18-17-9(13)14/h4-8H2,1-3H3,(H,13,14). The molecule has 0 aliphatic heterocycles. The van der Waals surface area contributed by atoms with E-state index in [1.807, 2.05) is 20.8 Å². The molecule has 0 bridgehead atoms. The van der Waals surface area contributed by atoms with E-state index in [9.17, 15) is 9.59 Å². The molecule has 104 valence electrons. The molecule has 0 saturated heterocycles. The zero-order chi connectivity index (χ0) is 13.8. The third-order valence-electron chi connectivity index (χ3n) is 3.49. The molecule has 0 heterocycles. The van der Waals surface area contributed by atoms with Gasteiger partial charge in [-0.2, -0.15) is 9.68 Å². The molecule has 6 heteroatoms. The molecular weight excluding hydrogens is 240 g/mol. The van der Waals surface area contributed by atoms with Gasteiger partial charge in [-0.1, -0.05) is 27.2 Å². The lowest BCUT2D eigenvalue weighted by molar-refractivity contribution is -0.234. The Morgan fingerprint density at radius 1 is 1.06 bits per heavy atom. The fourth-order valence-corrected chi connectivity index (χ4v) is 2.37. The molecule has 0 unspecified atom stereocenters. The Hall–Kier alpha value is -1.46. The van der Waals surface area contributed by atoms with Crippen molar-refractivity contribution < 1.29 is 29.2 Å². The van der Waals surface area contributed by atoms with Gasteiger partial charge in [-0.3, -0.25) is 0 Å². The van der Waals surface area contributed by atoms with Crippen molar-refractivity contribution in [2.45, 2.75) is 58.5 Å². The molecule has 0 spiro atoms. The van der Waals surface area contributed by atoms with Crippen LogP contribution >= 0.6 is 0 Å². The fourth-order valence-electron chi connectivity index (χ4n) is 2.37. The first-order chi connectivity index (χ1) is 8.27. The van der Waals surface area contributed by atoms with E-state index in [0.717, 1.165) is 32.1 Å². The monoisotopic (exact) mass is 260 g/mol. The molecule has 0 atom stereocenters. The van der Waals surface area contributed by atoms with Crippen LogP contribution in [0, 0.1) is 5.41 Å². The minimum Gasteiger partial charge on any atom is -0.447 e. The molecule has 0 aromatic heterocycles. The van der Waals surface area contributed by atoms with Crippen LogP contribution in [0.5, 0.6) is 0 Å². The third kappa shape index (κ3) is 3.51. The molecule has 1 aliphatic carbocycles.